The van der Waals surface area contributed by atoms with Crippen LogP contribution in [0.3, 0.4) is 0 Å². The number of ketones is 1. The molecule has 3 aliphatic rings. The summed E-state index contributed by atoms with van der Waals surface area (Å²) in [6.45, 7) is 2.18. The van der Waals surface area contributed by atoms with E-state index in [0.29, 0.717) is 6.42 Å². The Balaban J connectivity index is 0.000000858. The minimum absolute atomic E-state index is 0.147. The second-order valence-electron chi connectivity index (χ2n) is 12.9. The van der Waals surface area contributed by atoms with E-state index in [9.17, 15) is 33.2 Å². The standard InChI is InChI=1S/C28H44FN5O6.C6H6/c1-16(14-29)20-11-12-34(24(20)27(39)32-21(25(37)26(30)38)13-18-7-6-8-18)28(40)23(19-9-4-3-5-10-19)33-22(36)15-31-17(2)35;1-2-4-6-5-3-1/h16,18-21,23-24H,3-15H2,1-2H3,(H2,30,38)(H,31,35)(H,32,39)(H,33,36);1-6H/t16?,20-,21?,23?,24?;/m1./s1. The fourth-order valence-electron chi connectivity index (χ4n) is 6.67. The van der Waals surface area contributed by atoms with Crippen LogP contribution in [-0.2, 0) is 28.8 Å². The summed E-state index contributed by atoms with van der Waals surface area (Å²) in [5.41, 5.74) is 5.27. The normalized spacial score (nSPS) is 21.8. The number of alkyl halides is 1. The van der Waals surface area contributed by atoms with E-state index in [1.807, 2.05) is 36.4 Å². The smallest absolute Gasteiger partial charge is 0.287 e. The van der Waals surface area contributed by atoms with Gasteiger partial charge in [-0.2, -0.15) is 0 Å². The highest BCUT2D eigenvalue weighted by Crippen LogP contribution is 2.35. The maximum absolute atomic E-state index is 14.1. The van der Waals surface area contributed by atoms with Gasteiger partial charge in [0.05, 0.1) is 19.3 Å². The van der Waals surface area contributed by atoms with Crippen molar-refractivity contribution in [3.8, 4) is 0 Å². The number of halogens is 1. The molecule has 12 heteroatoms. The third-order valence-corrected chi connectivity index (χ3v) is 9.51. The van der Waals surface area contributed by atoms with Crippen LogP contribution in [0.15, 0.2) is 36.4 Å². The maximum Gasteiger partial charge on any atom is 0.287 e. The number of benzene rings is 1. The van der Waals surface area contributed by atoms with Gasteiger partial charge in [-0.05, 0) is 49.4 Å². The number of nitrogens with two attached hydrogens (primary N) is 1. The lowest BCUT2D eigenvalue weighted by atomic mass is 9.80. The first-order valence-corrected chi connectivity index (χ1v) is 16.6. The third kappa shape index (κ3) is 10.6. The monoisotopic (exact) mass is 643 g/mol. The van der Waals surface area contributed by atoms with Crippen molar-refractivity contribution < 1.29 is 33.2 Å². The average Bonchev–Trinajstić information content (AvgIpc) is 3.49. The van der Waals surface area contributed by atoms with Crippen LogP contribution in [0.25, 0.3) is 0 Å². The number of likely N-dealkylation sites (tertiary alicyclic amines) is 1. The van der Waals surface area contributed by atoms with Gasteiger partial charge in [-0.3, -0.25) is 33.2 Å². The van der Waals surface area contributed by atoms with Crippen molar-refractivity contribution >= 4 is 35.3 Å². The van der Waals surface area contributed by atoms with Gasteiger partial charge in [0.2, 0.25) is 29.4 Å². The van der Waals surface area contributed by atoms with Crippen LogP contribution >= 0.6 is 0 Å². The van der Waals surface area contributed by atoms with Gasteiger partial charge in [0, 0.05) is 13.5 Å². The van der Waals surface area contributed by atoms with Gasteiger partial charge in [0.25, 0.3) is 5.91 Å². The Morgan fingerprint density at radius 1 is 0.870 bits per heavy atom. The third-order valence-electron chi connectivity index (χ3n) is 9.51. The number of Topliss-reactive ketones (excluding diaryl/α,β-unsaturated/α-hetero) is 1. The molecule has 1 heterocycles. The number of amides is 5. The van der Waals surface area contributed by atoms with E-state index in [0.717, 1.165) is 51.4 Å². The number of nitrogens with one attached hydrogen (secondary N) is 3. The van der Waals surface area contributed by atoms with Crippen molar-refractivity contribution in [1.29, 1.82) is 0 Å². The Kier molecular flexibility index (Phi) is 14.6. The van der Waals surface area contributed by atoms with Gasteiger partial charge >= 0.3 is 0 Å². The molecule has 2 aliphatic carbocycles. The summed E-state index contributed by atoms with van der Waals surface area (Å²) in [6, 6.07) is 8.91. The summed E-state index contributed by atoms with van der Waals surface area (Å²) in [5.74, 6) is -4.99. The number of carbonyl (C=O) groups is 6. The number of hydrogen-bond acceptors (Lipinski definition) is 6. The average molecular weight is 644 g/mol. The molecule has 4 rings (SSSR count). The Morgan fingerprint density at radius 3 is 1.98 bits per heavy atom. The Hall–Kier alpha value is -3.83. The maximum atomic E-state index is 14.1. The lowest BCUT2D eigenvalue weighted by Crippen LogP contribution is -2.60. The zero-order chi connectivity index (χ0) is 33.6. The van der Waals surface area contributed by atoms with Crippen molar-refractivity contribution in [2.45, 2.75) is 96.2 Å². The molecule has 1 saturated heterocycles. The number of rotatable bonds is 13. The van der Waals surface area contributed by atoms with Crippen LogP contribution in [0.1, 0.15) is 78.1 Å². The molecule has 254 valence electrons. The summed E-state index contributed by atoms with van der Waals surface area (Å²) in [6.07, 6.45) is 7.71. The summed E-state index contributed by atoms with van der Waals surface area (Å²) in [7, 11) is 0. The van der Waals surface area contributed by atoms with E-state index in [1.54, 1.807) is 6.92 Å². The molecule has 5 amide bonds. The SMILES string of the molecule is CC(=O)NCC(=O)NC(C(=O)N1CC[C@H](C(C)CF)C1C(=O)NC(CC1CCC1)C(=O)C(N)=O)C1CCCCC1.c1ccccc1. The lowest BCUT2D eigenvalue weighted by Gasteiger charge is -2.36. The second-order valence-corrected chi connectivity index (χ2v) is 12.9. The molecule has 1 aliphatic heterocycles. The molecule has 0 aromatic heterocycles. The predicted octanol–water partition coefficient (Wildman–Crippen LogP) is 2.43. The molecular formula is C34H50FN5O6. The van der Waals surface area contributed by atoms with Gasteiger partial charge < -0.3 is 26.6 Å². The molecule has 1 aromatic carbocycles. The van der Waals surface area contributed by atoms with E-state index < -0.39 is 66.0 Å². The fraction of sp³-hybridized carbons (Fsp3) is 0.647. The van der Waals surface area contributed by atoms with Crippen molar-refractivity contribution in [1.82, 2.24) is 20.9 Å². The second kappa shape index (κ2) is 18.3. The van der Waals surface area contributed by atoms with Crippen LogP contribution in [0.4, 0.5) is 4.39 Å². The molecule has 11 nitrogen and oxygen atoms in total. The van der Waals surface area contributed by atoms with Crippen molar-refractivity contribution in [2.75, 3.05) is 19.8 Å². The number of primary amides is 1. The molecule has 4 unspecified atom stereocenters. The van der Waals surface area contributed by atoms with Crippen LogP contribution in [0.5, 0.6) is 0 Å². The largest absolute Gasteiger partial charge is 0.363 e. The predicted molar refractivity (Wildman–Crippen MR) is 170 cm³/mol. The van der Waals surface area contributed by atoms with Gasteiger partial charge in [-0.25, -0.2) is 0 Å². The molecular weight excluding hydrogens is 593 g/mol. The van der Waals surface area contributed by atoms with Crippen molar-refractivity contribution in [3.63, 3.8) is 0 Å². The summed E-state index contributed by atoms with van der Waals surface area (Å²) in [5, 5.41) is 7.90. The van der Waals surface area contributed by atoms with E-state index in [2.05, 4.69) is 16.0 Å². The quantitative estimate of drug-likeness (QED) is 0.241. The number of hydrogen-bond donors (Lipinski definition) is 4. The van der Waals surface area contributed by atoms with Crippen LogP contribution < -0.4 is 21.7 Å². The topological polar surface area (TPSA) is 168 Å². The highest BCUT2D eigenvalue weighted by molar-refractivity contribution is 6.37. The molecule has 0 radical (unpaired) electrons. The van der Waals surface area contributed by atoms with Crippen LogP contribution in [0, 0.1) is 23.7 Å². The Labute approximate surface area is 271 Å². The van der Waals surface area contributed by atoms with Crippen molar-refractivity contribution in [3.05, 3.63) is 36.4 Å². The molecule has 5 atom stereocenters. The molecule has 5 N–H and O–H groups in total. The Bertz CT molecular complexity index is 1160. The summed E-state index contributed by atoms with van der Waals surface area (Å²) < 4.78 is 13.9. The minimum atomic E-state index is -1.14. The first kappa shape index (κ1) is 36.6. The zero-order valence-electron chi connectivity index (χ0n) is 27.0. The molecule has 46 heavy (non-hydrogen) atoms. The first-order valence-electron chi connectivity index (χ1n) is 16.6. The van der Waals surface area contributed by atoms with Gasteiger partial charge in [0.1, 0.15) is 12.1 Å². The van der Waals surface area contributed by atoms with Crippen LogP contribution in [-0.4, -0.2) is 78.1 Å². The number of nitrogens with zero attached hydrogens (tertiary/aromatic N) is 1. The van der Waals surface area contributed by atoms with E-state index in [4.69, 9.17) is 5.73 Å². The zero-order valence-corrected chi connectivity index (χ0v) is 27.0. The van der Waals surface area contributed by atoms with Gasteiger partial charge in [0.15, 0.2) is 0 Å². The van der Waals surface area contributed by atoms with Crippen LogP contribution in [0.2, 0.25) is 0 Å². The molecule has 0 bridgehead atoms. The summed E-state index contributed by atoms with van der Waals surface area (Å²) >= 11 is 0. The van der Waals surface area contributed by atoms with E-state index in [-0.39, 0.29) is 37.3 Å². The highest BCUT2D eigenvalue weighted by atomic mass is 19.1. The molecule has 3 fully saturated rings. The fourth-order valence-corrected chi connectivity index (χ4v) is 6.67. The molecule has 0 spiro atoms. The van der Waals surface area contributed by atoms with Gasteiger partial charge in [-0.1, -0.05) is 81.8 Å². The molecule has 2 saturated carbocycles. The van der Waals surface area contributed by atoms with Crippen molar-refractivity contribution in [2.24, 2.45) is 29.4 Å². The first-order chi connectivity index (χ1) is 22.0. The number of carbonyl (C=O) groups excluding carboxylic acids is 6. The van der Waals surface area contributed by atoms with E-state index in [1.165, 1.54) is 11.8 Å². The van der Waals surface area contributed by atoms with Gasteiger partial charge in [-0.15, -0.1) is 0 Å². The Morgan fingerprint density at radius 2 is 1.48 bits per heavy atom. The summed E-state index contributed by atoms with van der Waals surface area (Å²) in [4.78, 5) is 77.5. The van der Waals surface area contributed by atoms with E-state index >= 15 is 0 Å². The highest BCUT2D eigenvalue weighted by Gasteiger charge is 2.48. The minimum Gasteiger partial charge on any atom is -0.363 e. The lowest BCUT2D eigenvalue weighted by molar-refractivity contribution is -0.145. The molecule has 1 aromatic rings.